The van der Waals surface area contributed by atoms with E-state index in [4.69, 9.17) is 0 Å². The molecule has 1 aromatic rings. The van der Waals surface area contributed by atoms with E-state index in [1.54, 1.807) is 4.90 Å². The predicted octanol–water partition coefficient (Wildman–Crippen LogP) is 2.20. The first-order chi connectivity index (χ1) is 8.81. The van der Waals surface area contributed by atoms with E-state index in [0.29, 0.717) is 19.5 Å². The molecule has 1 fully saturated rings. The molecule has 104 valence electrons. The Balaban J connectivity index is 2.18. The van der Waals surface area contributed by atoms with Crippen molar-refractivity contribution in [3.05, 3.63) is 35.4 Å². The lowest BCUT2D eigenvalue weighted by molar-refractivity contribution is -0.0182. The second-order valence-corrected chi connectivity index (χ2v) is 5.65. The van der Waals surface area contributed by atoms with E-state index in [2.05, 4.69) is 0 Å². The molecule has 0 aromatic heterocycles. The zero-order valence-electron chi connectivity index (χ0n) is 11.0. The van der Waals surface area contributed by atoms with Crippen molar-refractivity contribution in [1.82, 2.24) is 4.90 Å². The minimum absolute atomic E-state index is 0.131. The van der Waals surface area contributed by atoms with Crippen molar-refractivity contribution in [1.29, 1.82) is 0 Å². The van der Waals surface area contributed by atoms with Crippen LogP contribution >= 0.6 is 0 Å². The van der Waals surface area contributed by atoms with Gasteiger partial charge in [0.2, 0.25) is 0 Å². The van der Waals surface area contributed by atoms with Crippen LogP contribution in [0.5, 0.6) is 0 Å². The molecule has 0 saturated carbocycles. The van der Waals surface area contributed by atoms with Gasteiger partial charge in [-0.3, -0.25) is 4.79 Å². The molecule has 3 nitrogen and oxygen atoms in total. The summed E-state index contributed by atoms with van der Waals surface area (Å²) in [5.41, 5.74) is -0.266. The lowest BCUT2D eigenvalue weighted by atomic mass is 9.81. The van der Waals surface area contributed by atoms with Crippen LogP contribution in [-0.2, 0) is 0 Å². The molecule has 1 aliphatic rings. The molecule has 0 radical (unpaired) electrons. The van der Waals surface area contributed by atoms with Gasteiger partial charge in [0.25, 0.3) is 5.91 Å². The Morgan fingerprint density at radius 3 is 2.63 bits per heavy atom. The van der Waals surface area contributed by atoms with Gasteiger partial charge in [0.15, 0.2) is 11.6 Å². The minimum Gasteiger partial charge on any atom is -0.392 e. The fourth-order valence-electron chi connectivity index (χ4n) is 2.33. The van der Waals surface area contributed by atoms with Gasteiger partial charge < -0.3 is 10.0 Å². The number of halogens is 2. The van der Waals surface area contributed by atoms with Crippen LogP contribution in [0.2, 0.25) is 0 Å². The molecular weight excluding hydrogens is 252 g/mol. The van der Waals surface area contributed by atoms with E-state index in [0.717, 1.165) is 12.1 Å². The molecule has 0 spiro atoms. The standard InChI is InChI=1S/C14H17F2NO2/c1-14(2)8-17(6-5-12(14)18)13(19)9-3-4-10(15)11(16)7-9/h3-4,7,12,18H,5-6,8H2,1-2H3. The van der Waals surface area contributed by atoms with Crippen molar-refractivity contribution in [2.24, 2.45) is 5.41 Å². The molecule has 0 aliphatic carbocycles. The van der Waals surface area contributed by atoms with Crippen molar-refractivity contribution in [3.8, 4) is 0 Å². The summed E-state index contributed by atoms with van der Waals surface area (Å²) in [6, 6.07) is 3.14. The molecule has 1 amide bonds. The first-order valence-electron chi connectivity index (χ1n) is 6.23. The van der Waals surface area contributed by atoms with E-state index in [1.807, 2.05) is 13.8 Å². The predicted molar refractivity (Wildman–Crippen MR) is 66.7 cm³/mol. The third-order valence-electron chi connectivity index (χ3n) is 3.63. The number of nitrogens with zero attached hydrogens (tertiary/aromatic N) is 1. The largest absolute Gasteiger partial charge is 0.392 e. The normalized spacial score (nSPS) is 22.4. The molecule has 1 aromatic carbocycles. The fraction of sp³-hybridized carbons (Fsp3) is 0.500. The quantitative estimate of drug-likeness (QED) is 0.849. The Bertz CT molecular complexity index is 502. The molecule has 0 bridgehead atoms. The highest BCUT2D eigenvalue weighted by Crippen LogP contribution is 2.29. The Morgan fingerprint density at radius 1 is 1.37 bits per heavy atom. The number of aliphatic hydroxyl groups excluding tert-OH is 1. The van der Waals surface area contributed by atoms with Crippen molar-refractivity contribution < 1.29 is 18.7 Å². The first-order valence-corrected chi connectivity index (χ1v) is 6.23. The highest BCUT2D eigenvalue weighted by atomic mass is 19.2. The molecule has 1 saturated heterocycles. The molecule has 1 heterocycles. The summed E-state index contributed by atoms with van der Waals surface area (Å²) < 4.78 is 26.0. The lowest BCUT2D eigenvalue weighted by Gasteiger charge is -2.41. The summed E-state index contributed by atoms with van der Waals surface area (Å²) >= 11 is 0. The third-order valence-corrected chi connectivity index (χ3v) is 3.63. The van der Waals surface area contributed by atoms with E-state index in [9.17, 15) is 18.7 Å². The van der Waals surface area contributed by atoms with Gasteiger partial charge in [-0.25, -0.2) is 8.78 Å². The summed E-state index contributed by atoms with van der Waals surface area (Å²) in [4.78, 5) is 13.8. The number of piperidine rings is 1. The lowest BCUT2D eigenvalue weighted by Crippen LogP contribution is -2.50. The van der Waals surface area contributed by atoms with Crippen LogP contribution in [0, 0.1) is 17.0 Å². The Labute approximate surface area is 110 Å². The van der Waals surface area contributed by atoms with Gasteiger partial charge in [0.1, 0.15) is 0 Å². The average molecular weight is 269 g/mol. The van der Waals surface area contributed by atoms with E-state index >= 15 is 0 Å². The summed E-state index contributed by atoms with van der Waals surface area (Å²) in [7, 11) is 0. The maximum Gasteiger partial charge on any atom is 0.253 e. The van der Waals surface area contributed by atoms with Gasteiger partial charge in [-0.15, -0.1) is 0 Å². The van der Waals surface area contributed by atoms with Gasteiger partial charge in [0.05, 0.1) is 6.10 Å². The van der Waals surface area contributed by atoms with Crippen LogP contribution < -0.4 is 0 Å². The molecule has 2 rings (SSSR count). The molecular formula is C14H17F2NO2. The Hall–Kier alpha value is -1.49. The number of amides is 1. The van der Waals surface area contributed by atoms with Crippen molar-refractivity contribution in [2.45, 2.75) is 26.4 Å². The monoisotopic (exact) mass is 269 g/mol. The highest BCUT2D eigenvalue weighted by molar-refractivity contribution is 5.94. The minimum atomic E-state index is -1.03. The molecule has 1 aliphatic heterocycles. The zero-order valence-corrected chi connectivity index (χ0v) is 11.0. The van der Waals surface area contributed by atoms with Crippen molar-refractivity contribution in [2.75, 3.05) is 13.1 Å². The highest BCUT2D eigenvalue weighted by Gasteiger charge is 2.36. The molecule has 19 heavy (non-hydrogen) atoms. The van der Waals surface area contributed by atoms with Gasteiger partial charge >= 0.3 is 0 Å². The van der Waals surface area contributed by atoms with Crippen LogP contribution in [0.1, 0.15) is 30.6 Å². The van der Waals surface area contributed by atoms with Crippen LogP contribution in [0.15, 0.2) is 18.2 Å². The van der Waals surface area contributed by atoms with E-state index < -0.39 is 23.2 Å². The van der Waals surface area contributed by atoms with Gasteiger partial charge in [-0.1, -0.05) is 13.8 Å². The van der Waals surface area contributed by atoms with E-state index in [1.165, 1.54) is 6.07 Å². The van der Waals surface area contributed by atoms with Crippen molar-refractivity contribution in [3.63, 3.8) is 0 Å². The number of benzene rings is 1. The average Bonchev–Trinajstić information content (AvgIpc) is 2.35. The maximum atomic E-state index is 13.1. The number of rotatable bonds is 1. The van der Waals surface area contributed by atoms with Crippen LogP contribution in [0.25, 0.3) is 0 Å². The second-order valence-electron chi connectivity index (χ2n) is 5.65. The fourth-order valence-corrected chi connectivity index (χ4v) is 2.33. The van der Waals surface area contributed by atoms with Gasteiger partial charge in [-0.05, 0) is 24.6 Å². The smallest absolute Gasteiger partial charge is 0.253 e. The molecule has 1 unspecified atom stereocenters. The molecule has 1 N–H and O–H groups in total. The van der Waals surface area contributed by atoms with Crippen LogP contribution in [-0.4, -0.2) is 35.1 Å². The third kappa shape index (κ3) is 2.76. The summed E-state index contributed by atoms with van der Waals surface area (Å²) in [5, 5.41) is 9.84. The molecule has 1 atom stereocenters. The first kappa shape index (κ1) is 13.9. The summed E-state index contributed by atoms with van der Waals surface area (Å²) in [6.45, 7) is 4.57. The Kier molecular flexibility index (Phi) is 3.58. The van der Waals surface area contributed by atoms with Crippen LogP contribution in [0.3, 0.4) is 0 Å². The SMILES string of the molecule is CC1(C)CN(C(=O)c2ccc(F)c(F)c2)CCC1O. The molecule has 5 heteroatoms. The van der Waals surface area contributed by atoms with E-state index in [-0.39, 0.29) is 11.5 Å². The number of likely N-dealkylation sites (tertiary alicyclic amines) is 1. The topological polar surface area (TPSA) is 40.5 Å². The van der Waals surface area contributed by atoms with Crippen molar-refractivity contribution >= 4 is 5.91 Å². The number of hydrogen-bond acceptors (Lipinski definition) is 2. The van der Waals surface area contributed by atoms with Gasteiger partial charge in [0, 0.05) is 24.1 Å². The number of carbonyl (C=O) groups excluding carboxylic acids is 1. The number of aliphatic hydroxyl groups is 1. The van der Waals surface area contributed by atoms with Gasteiger partial charge in [-0.2, -0.15) is 0 Å². The maximum absolute atomic E-state index is 13.1. The zero-order chi connectivity index (χ0) is 14.2. The number of hydrogen-bond donors (Lipinski definition) is 1. The van der Waals surface area contributed by atoms with Crippen LogP contribution in [0.4, 0.5) is 8.78 Å². The Morgan fingerprint density at radius 2 is 2.05 bits per heavy atom. The number of carbonyl (C=O) groups is 1. The summed E-state index contributed by atoms with van der Waals surface area (Å²) in [6.07, 6.45) is 0.0316. The summed E-state index contributed by atoms with van der Waals surface area (Å²) in [5.74, 6) is -2.33. The second kappa shape index (κ2) is 4.89.